The number of ether oxygens (including phenoxy) is 2. The van der Waals surface area contributed by atoms with E-state index in [0.717, 1.165) is 5.82 Å². The molecule has 0 spiro atoms. The van der Waals surface area contributed by atoms with Gasteiger partial charge in [-0.1, -0.05) is 0 Å². The summed E-state index contributed by atoms with van der Waals surface area (Å²) in [6, 6.07) is 5.37. The van der Waals surface area contributed by atoms with E-state index in [9.17, 15) is 0 Å². The van der Waals surface area contributed by atoms with Crippen molar-refractivity contribution in [1.29, 1.82) is 0 Å². The zero-order valence-electron chi connectivity index (χ0n) is 12.6. The van der Waals surface area contributed by atoms with Gasteiger partial charge >= 0.3 is 0 Å². The van der Waals surface area contributed by atoms with Crippen LogP contribution in [0, 0.1) is 0 Å². The van der Waals surface area contributed by atoms with E-state index < -0.39 is 0 Å². The number of halogens is 1. The Bertz CT molecular complexity index is 643. The van der Waals surface area contributed by atoms with E-state index >= 15 is 0 Å². The van der Waals surface area contributed by atoms with Gasteiger partial charge in [-0.15, -0.1) is 24.0 Å². The molecule has 0 radical (unpaired) electrons. The maximum Gasteiger partial charge on any atom is 0.193 e. The van der Waals surface area contributed by atoms with Crippen LogP contribution in [0.1, 0.15) is 5.82 Å². The summed E-state index contributed by atoms with van der Waals surface area (Å²) in [6.45, 7) is 0.335. The second-order valence-corrected chi connectivity index (χ2v) is 4.19. The molecule has 0 amide bonds. The van der Waals surface area contributed by atoms with E-state index in [-0.39, 0.29) is 29.9 Å². The molecule has 0 unspecified atom stereocenters. The topological polar surface area (TPSA) is 99.6 Å². The first-order chi connectivity index (χ1) is 10.1. The second kappa shape index (κ2) is 8.41. The third kappa shape index (κ3) is 4.48. The first kappa shape index (κ1) is 18.0. The maximum absolute atomic E-state index is 5.87. The summed E-state index contributed by atoms with van der Waals surface area (Å²) in [6.07, 6.45) is 1.47. The predicted molar refractivity (Wildman–Crippen MR) is 94.9 cm³/mol. The average molecular weight is 418 g/mol. The Kier molecular flexibility index (Phi) is 6.89. The monoisotopic (exact) mass is 418 g/mol. The van der Waals surface area contributed by atoms with Gasteiger partial charge in [-0.2, -0.15) is 5.10 Å². The summed E-state index contributed by atoms with van der Waals surface area (Å²) in [5, 5.41) is 6.95. The molecule has 0 aliphatic rings. The Morgan fingerprint density at radius 1 is 1.36 bits per heavy atom. The van der Waals surface area contributed by atoms with Gasteiger partial charge in [0, 0.05) is 13.1 Å². The van der Waals surface area contributed by atoms with Crippen molar-refractivity contribution in [3.05, 3.63) is 30.4 Å². The molecule has 3 N–H and O–H groups in total. The molecule has 1 aromatic heterocycles. The highest BCUT2D eigenvalue weighted by Crippen LogP contribution is 2.28. The van der Waals surface area contributed by atoms with Crippen molar-refractivity contribution in [3.8, 4) is 11.5 Å². The SMILES string of the molecule is COc1ccc(OC)c(NC(N)=NCc2ncnn2C)c1.I. The van der Waals surface area contributed by atoms with Gasteiger partial charge in [-0.25, -0.2) is 9.98 Å². The summed E-state index contributed by atoms with van der Waals surface area (Å²) in [7, 11) is 4.98. The molecule has 9 heteroatoms. The quantitative estimate of drug-likeness (QED) is 0.433. The number of anilines is 1. The van der Waals surface area contributed by atoms with Crippen LogP contribution < -0.4 is 20.5 Å². The van der Waals surface area contributed by atoms with Crippen LogP contribution in [0.15, 0.2) is 29.5 Å². The Labute approximate surface area is 145 Å². The molecule has 0 bridgehead atoms. The first-order valence-corrected chi connectivity index (χ1v) is 6.26. The predicted octanol–water partition coefficient (Wildman–Crippen LogP) is 1.38. The Morgan fingerprint density at radius 3 is 2.73 bits per heavy atom. The standard InChI is InChI=1S/C13H18N6O2.HI/c1-19-12(16-8-17-19)7-15-13(14)18-10-6-9(20-2)4-5-11(10)21-3;/h4-6,8H,7H2,1-3H3,(H3,14,15,18);1H. The van der Waals surface area contributed by atoms with Crippen LogP contribution >= 0.6 is 24.0 Å². The Hall–Kier alpha value is -2.04. The lowest BCUT2D eigenvalue weighted by Crippen LogP contribution is -2.23. The molecule has 0 atom stereocenters. The number of rotatable bonds is 5. The fourth-order valence-corrected chi connectivity index (χ4v) is 1.71. The Morgan fingerprint density at radius 2 is 2.14 bits per heavy atom. The average Bonchev–Trinajstić information content (AvgIpc) is 2.90. The van der Waals surface area contributed by atoms with Crippen LogP contribution in [0.4, 0.5) is 5.69 Å². The minimum atomic E-state index is 0. The summed E-state index contributed by atoms with van der Waals surface area (Å²) >= 11 is 0. The van der Waals surface area contributed by atoms with Gasteiger partial charge in [-0.3, -0.25) is 4.68 Å². The van der Waals surface area contributed by atoms with Gasteiger partial charge < -0.3 is 20.5 Å². The lowest BCUT2D eigenvalue weighted by Gasteiger charge is -2.12. The molecule has 0 saturated carbocycles. The minimum absolute atomic E-state index is 0. The summed E-state index contributed by atoms with van der Waals surface area (Å²) in [4.78, 5) is 8.29. The van der Waals surface area contributed by atoms with Crippen molar-refractivity contribution in [2.75, 3.05) is 19.5 Å². The fourth-order valence-electron chi connectivity index (χ4n) is 1.71. The van der Waals surface area contributed by atoms with E-state index in [1.807, 2.05) is 0 Å². The highest BCUT2D eigenvalue weighted by Gasteiger charge is 2.06. The number of aliphatic imine (C=N–C) groups is 1. The van der Waals surface area contributed by atoms with Crippen molar-refractivity contribution in [2.24, 2.45) is 17.8 Å². The maximum atomic E-state index is 5.87. The molecule has 2 rings (SSSR count). The van der Waals surface area contributed by atoms with E-state index in [4.69, 9.17) is 15.2 Å². The highest BCUT2D eigenvalue weighted by molar-refractivity contribution is 14.0. The second-order valence-electron chi connectivity index (χ2n) is 4.19. The molecule has 1 aromatic carbocycles. The Balaban J connectivity index is 0.00000242. The van der Waals surface area contributed by atoms with Crippen molar-refractivity contribution in [3.63, 3.8) is 0 Å². The zero-order chi connectivity index (χ0) is 15.2. The molecule has 0 aliphatic carbocycles. The molecule has 0 aliphatic heterocycles. The molecular formula is C13H19IN6O2. The molecule has 1 heterocycles. The van der Waals surface area contributed by atoms with Crippen molar-refractivity contribution >= 4 is 35.6 Å². The van der Waals surface area contributed by atoms with E-state index in [1.165, 1.54) is 6.33 Å². The van der Waals surface area contributed by atoms with Crippen molar-refractivity contribution in [1.82, 2.24) is 14.8 Å². The molecule has 22 heavy (non-hydrogen) atoms. The van der Waals surface area contributed by atoms with E-state index in [0.29, 0.717) is 23.7 Å². The fraction of sp³-hybridized carbons (Fsp3) is 0.308. The van der Waals surface area contributed by atoms with E-state index in [2.05, 4.69) is 20.4 Å². The third-order valence-electron chi connectivity index (χ3n) is 2.87. The van der Waals surface area contributed by atoms with Crippen LogP contribution in [-0.4, -0.2) is 34.9 Å². The lowest BCUT2D eigenvalue weighted by atomic mass is 10.2. The highest BCUT2D eigenvalue weighted by atomic mass is 127. The first-order valence-electron chi connectivity index (χ1n) is 6.26. The number of hydrogen-bond acceptors (Lipinski definition) is 5. The van der Waals surface area contributed by atoms with Gasteiger partial charge in [0.05, 0.1) is 19.9 Å². The molecule has 0 saturated heterocycles. The number of guanidine groups is 1. The van der Waals surface area contributed by atoms with Gasteiger partial charge in [0.15, 0.2) is 5.96 Å². The molecule has 0 fully saturated rings. The minimum Gasteiger partial charge on any atom is -0.497 e. The number of benzene rings is 1. The van der Waals surface area contributed by atoms with Crippen molar-refractivity contribution < 1.29 is 9.47 Å². The summed E-state index contributed by atoms with van der Waals surface area (Å²) < 4.78 is 12.1. The molecule has 120 valence electrons. The third-order valence-corrected chi connectivity index (χ3v) is 2.87. The molecular weight excluding hydrogens is 399 g/mol. The number of nitrogens with one attached hydrogen (secondary N) is 1. The van der Waals surface area contributed by atoms with Crippen LogP contribution in [0.3, 0.4) is 0 Å². The van der Waals surface area contributed by atoms with Crippen LogP contribution in [0.5, 0.6) is 11.5 Å². The number of methoxy groups -OCH3 is 2. The summed E-state index contributed by atoms with van der Waals surface area (Å²) in [5.41, 5.74) is 6.55. The van der Waals surface area contributed by atoms with Crippen LogP contribution in [0.2, 0.25) is 0 Å². The number of nitrogens with two attached hydrogens (primary N) is 1. The molecule has 2 aromatic rings. The number of aryl methyl sites for hydroxylation is 1. The normalized spacial score (nSPS) is 10.8. The number of hydrogen-bond donors (Lipinski definition) is 2. The van der Waals surface area contributed by atoms with E-state index in [1.54, 1.807) is 44.1 Å². The summed E-state index contributed by atoms with van der Waals surface area (Å²) in [5.74, 6) is 2.31. The smallest absolute Gasteiger partial charge is 0.193 e. The van der Waals surface area contributed by atoms with Gasteiger partial charge in [0.2, 0.25) is 0 Å². The van der Waals surface area contributed by atoms with Crippen LogP contribution in [0.25, 0.3) is 0 Å². The largest absolute Gasteiger partial charge is 0.497 e. The molecule has 8 nitrogen and oxygen atoms in total. The van der Waals surface area contributed by atoms with Crippen LogP contribution in [-0.2, 0) is 13.6 Å². The van der Waals surface area contributed by atoms with Gasteiger partial charge in [-0.05, 0) is 12.1 Å². The van der Waals surface area contributed by atoms with Gasteiger partial charge in [0.1, 0.15) is 30.2 Å². The number of nitrogens with zero attached hydrogens (tertiary/aromatic N) is 4. The number of aromatic nitrogens is 3. The zero-order valence-corrected chi connectivity index (χ0v) is 14.9. The lowest BCUT2D eigenvalue weighted by molar-refractivity contribution is 0.405. The van der Waals surface area contributed by atoms with Crippen molar-refractivity contribution in [2.45, 2.75) is 6.54 Å². The van der Waals surface area contributed by atoms with Gasteiger partial charge in [0.25, 0.3) is 0 Å².